The van der Waals surface area contributed by atoms with Gasteiger partial charge in [0.25, 0.3) is 5.91 Å². The second-order valence-corrected chi connectivity index (χ2v) is 9.74. The molecular weight excluding hydrogens is 438 g/mol. The fraction of sp³-hybridized carbons (Fsp3) is 0.409. The molecule has 0 saturated heterocycles. The first-order valence-corrected chi connectivity index (χ1v) is 12.5. The first-order chi connectivity index (χ1) is 14.7. The van der Waals surface area contributed by atoms with Crippen LogP contribution >= 0.6 is 11.6 Å². The van der Waals surface area contributed by atoms with Crippen LogP contribution in [-0.4, -0.2) is 46.3 Å². The number of nitrogens with one attached hydrogen (secondary N) is 1. The third kappa shape index (κ3) is 5.62. The van der Waals surface area contributed by atoms with E-state index >= 15 is 0 Å². The SMILES string of the molecule is CCN(CC)c1ccc(CNC(=O)C2CCN(S(C)(=O)=O)c3cc(Cl)ccc3O2)cc1. The van der Waals surface area contributed by atoms with E-state index in [9.17, 15) is 13.2 Å². The third-order valence-electron chi connectivity index (χ3n) is 5.28. The molecule has 0 spiro atoms. The Labute approximate surface area is 189 Å². The number of anilines is 2. The van der Waals surface area contributed by atoms with E-state index in [-0.39, 0.29) is 18.9 Å². The zero-order valence-electron chi connectivity index (χ0n) is 18.0. The van der Waals surface area contributed by atoms with Crippen LogP contribution < -0.4 is 19.3 Å². The minimum atomic E-state index is -3.54. The van der Waals surface area contributed by atoms with Crippen LogP contribution in [0.1, 0.15) is 25.8 Å². The molecule has 0 bridgehead atoms. The Hall–Kier alpha value is -2.45. The van der Waals surface area contributed by atoms with Crippen molar-refractivity contribution in [2.45, 2.75) is 32.9 Å². The molecule has 7 nitrogen and oxygen atoms in total. The van der Waals surface area contributed by atoms with Crippen LogP contribution in [0.15, 0.2) is 42.5 Å². The molecular formula is C22H28ClN3O4S. The Morgan fingerprint density at radius 1 is 1.19 bits per heavy atom. The average molecular weight is 466 g/mol. The molecule has 3 rings (SSSR count). The fourth-order valence-electron chi connectivity index (χ4n) is 3.60. The van der Waals surface area contributed by atoms with Gasteiger partial charge in [0.15, 0.2) is 6.10 Å². The number of hydrogen-bond acceptors (Lipinski definition) is 5. The molecule has 0 saturated carbocycles. The summed E-state index contributed by atoms with van der Waals surface area (Å²) < 4.78 is 31.6. The molecule has 9 heteroatoms. The van der Waals surface area contributed by atoms with Gasteiger partial charge < -0.3 is 15.0 Å². The van der Waals surface area contributed by atoms with Crippen LogP contribution in [0.25, 0.3) is 0 Å². The van der Waals surface area contributed by atoms with Gasteiger partial charge >= 0.3 is 0 Å². The average Bonchev–Trinajstić information content (AvgIpc) is 2.93. The molecule has 1 heterocycles. The molecule has 168 valence electrons. The summed E-state index contributed by atoms with van der Waals surface area (Å²) in [5.41, 5.74) is 2.46. The molecule has 1 amide bonds. The van der Waals surface area contributed by atoms with Crippen molar-refractivity contribution in [1.29, 1.82) is 0 Å². The molecule has 1 unspecified atom stereocenters. The van der Waals surface area contributed by atoms with E-state index in [0.717, 1.165) is 30.6 Å². The largest absolute Gasteiger partial charge is 0.478 e. The van der Waals surface area contributed by atoms with E-state index in [2.05, 4.69) is 24.1 Å². The van der Waals surface area contributed by atoms with Crippen molar-refractivity contribution >= 4 is 38.9 Å². The number of carbonyl (C=O) groups is 1. The molecule has 1 aliphatic rings. The zero-order valence-corrected chi connectivity index (χ0v) is 19.5. The quantitative estimate of drug-likeness (QED) is 0.677. The highest BCUT2D eigenvalue weighted by molar-refractivity contribution is 7.92. The second-order valence-electron chi connectivity index (χ2n) is 7.40. The first-order valence-electron chi connectivity index (χ1n) is 10.3. The van der Waals surface area contributed by atoms with Crippen LogP contribution in [0.5, 0.6) is 5.75 Å². The highest BCUT2D eigenvalue weighted by atomic mass is 35.5. The van der Waals surface area contributed by atoms with Gasteiger partial charge in [0, 0.05) is 43.3 Å². The first kappa shape index (κ1) is 23.2. The smallest absolute Gasteiger partial charge is 0.261 e. The van der Waals surface area contributed by atoms with Crippen LogP contribution in [0.2, 0.25) is 5.02 Å². The van der Waals surface area contributed by atoms with E-state index < -0.39 is 16.1 Å². The lowest BCUT2D eigenvalue weighted by Gasteiger charge is -2.21. The Morgan fingerprint density at radius 3 is 2.48 bits per heavy atom. The summed E-state index contributed by atoms with van der Waals surface area (Å²) in [6, 6.07) is 12.8. The Balaban J connectivity index is 1.69. The summed E-state index contributed by atoms with van der Waals surface area (Å²) >= 11 is 6.05. The van der Waals surface area contributed by atoms with Gasteiger partial charge in [-0.2, -0.15) is 0 Å². The molecule has 1 aliphatic heterocycles. The third-order valence-corrected chi connectivity index (χ3v) is 6.69. The molecule has 1 atom stereocenters. The molecule has 1 N–H and O–H groups in total. The minimum Gasteiger partial charge on any atom is -0.478 e. The lowest BCUT2D eigenvalue weighted by molar-refractivity contribution is -0.128. The number of ether oxygens (including phenoxy) is 1. The number of benzene rings is 2. The number of halogens is 1. The standard InChI is InChI=1S/C22H28ClN3O4S/c1-4-25(5-2)18-9-6-16(7-10-18)15-24-22(27)21-12-13-26(31(3,28)29)19-14-17(23)8-11-20(19)30-21/h6-11,14,21H,4-5,12-13,15H2,1-3H3,(H,24,27). The summed E-state index contributed by atoms with van der Waals surface area (Å²) in [6.07, 6.45) is 0.549. The van der Waals surface area contributed by atoms with Crippen molar-refractivity contribution in [2.24, 2.45) is 0 Å². The van der Waals surface area contributed by atoms with Crippen molar-refractivity contribution in [3.63, 3.8) is 0 Å². The highest BCUT2D eigenvalue weighted by Gasteiger charge is 2.31. The van der Waals surface area contributed by atoms with Gasteiger partial charge in [0.2, 0.25) is 10.0 Å². The van der Waals surface area contributed by atoms with Crippen molar-refractivity contribution in [2.75, 3.05) is 35.1 Å². The maximum Gasteiger partial charge on any atom is 0.261 e. The Kier molecular flexibility index (Phi) is 7.33. The van der Waals surface area contributed by atoms with E-state index in [1.54, 1.807) is 12.1 Å². The second kappa shape index (κ2) is 9.78. The lowest BCUT2D eigenvalue weighted by Crippen LogP contribution is -2.39. The predicted octanol–water partition coefficient (Wildman–Crippen LogP) is 3.42. The number of carbonyl (C=O) groups excluding carboxylic acids is 1. The van der Waals surface area contributed by atoms with E-state index in [4.69, 9.17) is 16.3 Å². The molecule has 0 aromatic heterocycles. The van der Waals surface area contributed by atoms with Gasteiger partial charge in [-0.25, -0.2) is 8.42 Å². The van der Waals surface area contributed by atoms with Crippen LogP contribution in [-0.2, 0) is 21.4 Å². The molecule has 2 aromatic rings. The highest BCUT2D eigenvalue weighted by Crippen LogP contribution is 2.36. The molecule has 2 aromatic carbocycles. The van der Waals surface area contributed by atoms with Crippen molar-refractivity contribution in [1.82, 2.24) is 5.32 Å². The topological polar surface area (TPSA) is 79.0 Å². The number of fused-ring (bicyclic) bond motifs is 1. The Bertz CT molecular complexity index is 1020. The predicted molar refractivity (Wildman–Crippen MR) is 125 cm³/mol. The van der Waals surface area contributed by atoms with E-state index in [1.165, 1.54) is 10.4 Å². The maximum absolute atomic E-state index is 12.8. The summed E-state index contributed by atoms with van der Waals surface area (Å²) in [5.74, 6) is 0.0279. The summed E-state index contributed by atoms with van der Waals surface area (Å²) in [4.78, 5) is 15.0. The summed E-state index contributed by atoms with van der Waals surface area (Å²) in [5, 5.41) is 3.29. The summed E-state index contributed by atoms with van der Waals surface area (Å²) in [6.45, 7) is 6.58. The fourth-order valence-corrected chi connectivity index (χ4v) is 4.70. The van der Waals surface area contributed by atoms with Gasteiger partial charge in [-0.1, -0.05) is 23.7 Å². The molecule has 0 aliphatic carbocycles. The van der Waals surface area contributed by atoms with Crippen molar-refractivity contribution in [3.05, 3.63) is 53.1 Å². The van der Waals surface area contributed by atoms with Crippen LogP contribution in [0.3, 0.4) is 0 Å². The number of hydrogen-bond donors (Lipinski definition) is 1. The molecule has 31 heavy (non-hydrogen) atoms. The van der Waals surface area contributed by atoms with Crippen molar-refractivity contribution < 1.29 is 17.9 Å². The maximum atomic E-state index is 12.8. The van der Waals surface area contributed by atoms with Crippen molar-refractivity contribution in [3.8, 4) is 5.75 Å². The zero-order chi connectivity index (χ0) is 22.6. The van der Waals surface area contributed by atoms with Gasteiger partial charge in [0.05, 0.1) is 11.9 Å². The molecule has 0 fully saturated rings. The lowest BCUT2D eigenvalue weighted by atomic mass is 10.1. The molecule has 0 radical (unpaired) electrons. The minimum absolute atomic E-state index is 0.128. The number of nitrogens with zero attached hydrogens (tertiary/aromatic N) is 2. The van der Waals surface area contributed by atoms with Gasteiger partial charge in [-0.05, 0) is 49.7 Å². The summed E-state index contributed by atoms with van der Waals surface area (Å²) in [7, 11) is -3.54. The van der Waals surface area contributed by atoms with Gasteiger partial charge in [0.1, 0.15) is 5.75 Å². The number of rotatable bonds is 7. The monoisotopic (exact) mass is 465 g/mol. The van der Waals surface area contributed by atoms with Gasteiger partial charge in [-0.3, -0.25) is 9.10 Å². The number of sulfonamides is 1. The Morgan fingerprint density at radius 2 is 1.87 bits per heavy atom. The normalized spacial score (nSPS) is 16.1. The van der Waals surface area contributed by atoms with Crippen LogP contribution in [0.4, 0.5) is 11.4 Å². The van der Waals surface area contributed by atoms with Crippen LogP contribution in [0, 0.1) is 0 Å². The van der Waals surface area contributed by atoms with E-state index in [1.807, 2.05) is 24.3 Å². The number of amides is 1. The van der Waals surface area contributed by atoms with Gasteiger partial charge in [-0.15, -0.1) is 0 Å². The van der Waals surface area contributed by atoms with E-state index in [0.29, 0.717) is 23.0 Å².